The predicted octanol–water partition coefficient (Wildman–Crippen LogP) is 2.71. The van der Waals surface area contributed by atoms with Crippen LogP contribution in [0.25, 0.3) is 0 Å². The Balaban J connectivity index is 2.20. The van der Waals surface area contributed by atoms with Crippen molar-refractivity contribution in [1.29, 1.82) is 0 Å². The van der Waals surface area contributed by atoms with Crippen molar-refractivity contribution in [2.45, 2.75) is 26.4 Å². The lowest BCUT2D eigenvalue weighted by Gasteiger charge is -2.26. The van der Waals surface area contributed by atoms with Crippen molar-refractivity contribution >= 4 is 11.6 Å². The van der Waals surface area contributed by atoms with Gasteiger partial charge in [0.2, 0.25) is 0 Å². The van der Waals surface area contributed by atoms with Gasteiger partial charge in [-0.25, -0.2) is 0 Å². The number of nitrogens with zero attached hydrogens (tertiary/aromatic N) is 2. The quantitative estimate of drug-likeness (QED) is 0.868. The molecule has 2 aromatic rings. The first kappa shape index (κ1) is 14.1. The lowest BCUT2D eigenvalue weighted by atomic mass is 10.1. The van der Waals surface area contributed by atoms with Gasteiger partial charge in [-0.1, -0.05) is 6.07 Å². The number of aromatic nitrogens is 1. The maximum absolute atomic E-state index is 12.6. The Morgan fingerprint density at radius 2 is 1.90 bits per heavy atom. The van der Waals surface area contributed by atoms with Gasteiger partial charge in [-0.2, -0.15) is 0 Å². The van der Waals surface area contributed by atoms with E-state index in [2.05, 4.69) is 4.98 Å². The van der Waals surface area contributed by atoms with Crippen LogP contribution in [0.3, 0.4) is 0 Å². The minimum Gasteiger partial charge on any atom is -0.399 e. The minimum atomic E-state index is -0.00865. The number of anilines is 1. The average molecular weight is 269 g/mol. The van der Waals surface area contributed by atoms with E-state index in [1.165, 1.54) is 0 Å². The summed E-state index contributed by atoms with van der Waals surface area (Å²) in [4.78, 5) is 18.6. The molecule has 0 spiro atoms. The molecule has 1 heterocycles. The molecule has 1 amide bonds. The summed E-state index contributed by atoms with van der Waals surface area (Å²) in [5.41, 5.74) is 7.83. The molecular weight excluding hydrogens is 250 g/mol. The Bertz CT molecular complexity index is 564. The molecule has 1 aromatic carbocycles. The number of amides is 1. The summed E-state index contributed by atoms with van der Waals surface area (Å²) >= 11 is 0. The van der Waals surface area contributed by atoms with Gasteiger partial charge < -0.3 is 10.6 Å². The Kier molecular flexibility index (Phi) is 4.35. The van der Waals surface area contributed by atoms with Crippen molar-refractivity contribution in [3.05, 3.63) is 59.9 Å². The van der Waals surface area contributed by atoms with Crippen molar-refractivity contribution in [2.24, 2.45) is 0 Å². The van der Waals surface area contributed by atoms with Gasteiger partial charge in [-0.15, -0.1) is 0 Å². The van der Waals surface area contributed by atoms with Gasteiger partial charge in [0.1, 0.15) is 0 Å². The van der Waals surface area contributed by atoms with Crippen molar-refractivity contribution in [2.75, 3.05) is 5.73 Å². The molecule has 4 nitrogen and oxygen atoms in total. The molecule has 0 bridgehead atoms. The highest BCUT2D eigenvalue weighted by Gasteiger charge is 2.19. The van der Waals surface area contributed by atoms with Crippen LogP contribution in [0, 0.1) is 0 Å². The number of hydrogen-bond acceptors (Lipinski definition) is 3. The number of carbonyl (C=O) groups excluding carboxylic acids is 1. The first-order valence-electron chi connectivity index (χ1n) is 6.64. The van der Waals surface area contributed by atoms with Gasteiger partial charge >= 0.3 is 0 Å². The third kappa shape index (κ3) is 3.35. The van der Waals surface area contributed by atoms with Crippen LogP contribution in [0.4, 0.5) is 5.69 Å². The van der Waals surface area contributed by atoms with E-state index in [-0.39, 0.29) is 11.9 Å². The molecule has 0 saturated heterocycles. The minimum absolute atomic E-state index is 0.00865. The molecule has 0 aliphatic rings. The van der Waals surface area contributed by atoms with Crippen LogP contribution in [-0.2, 0) is 6.54 Å². The van der Waals surface area contributed by atoms with E-state index in [0.29, 0.717) is 17.8 Å². The van der Waals surface area contributed by atoms with Crippen LogP contribution in [0.15, 0.2) is 48.7 Å². The first-order chi connectivity index (χ1) is 9.58. The molecule has 104 valence electrons. The number of pyridine rings is 1. The van der Waals surface area contributed by atoms with E-state index in [9.17, 15) is 4.79 Å². The molecule has 0 saturated carbocycles. The Morgan fingerprint density at radius 3 is 2.45 bits per heavy atom. The van der Waals surface area contributed by atoms with Crippen molar-refractivity contribution in [3.8, 4) is 0 Å². The summed E-state index contributed by atoms with van der Waals surface area (Å²) in [6.07, 6.45) is 1.74. The van der Waals surface area contributed by atoms with Crippen molar-refractivity contribution in [1.82, 2.24) is 9.88 Å². The fraction of sp³-hybridized carbons (Fsp3) is 0.250. The van der Waals surface area contributed by atoms with E-state index in [4.69, 9.17) is 5.73 Å². The number of nitrogens with two attached hydrogens (primary N) is 1. The molecule has 20 heavy (non-hydrogen) atoms. The maximum Gasteiger partial charge on any atom is 0.254 e. The molecular formula is C16H19N3O. The number of carbonyl (C=O) groups is 1. The monoisotopic (exact) mass is 269 g/mol. The summed E-state index contributed by atoms with van der Waals surface area (Å²) < 4.78 is 0. The van der Waals surface area contributed by atoms with Crippen LogP contribution in [-0.4, -0.2) is 21.8 Å². The molecule has 2 rings (SSSR count). The SMILES string of the molecule is CC(C)N(Cc1ccccn1)C(=O)c1ccc(N)cc1. The van der Waals surface area contributed by atoms with Crippen LogP contribution in [0.5, 0.6) is 0 Å². The Morgan fingerprint density at radius 1 is 1.20 bits per heavy atom. The number of rotatable bonds is 4. The molecule has 0 fully saturated rings. The van der Waals surface area contributed by atoms with Gasteiger partial charge in [-0.3, -0.25) is 9.78 Å². The topological polar surface area (TPSA) is 59.2 Å². The van der Waals surface area contributed by atoms with Crippen LogP contribution in [0.2, 0.25) is 0 Å². The fourth-order valence-electron chi connectivity index (χ4n) is 1.95. The van der Waals surface area contributed by atoms with Gasteiger partial charge in [0.15, 0.2) is 0 Å². The average Bonchev–Trinajstić information content (AvgIpc) is 2.45. The number of nitrogen functional groups attached to an aromatic ring is 1. The highest BCUT2D eigenvalue weighted by molar-refractivity contribution is 5.94. The van der Waals surface area contributed by atoms with Crippen molar-refractivity contribution < 1.29 is 4.79 Å². The summed E-state index contributed by atoms with van der Waals surface area (Å²) in [5.74, 6) is -0.00865. The van der Waals surface area contributed by atoms with Gasteiger partial charge in [0, 0.05) is 23.5 Å². The molecule has 1 aromatic heterocycles. The lowest BCUT2D eigenvalue weighted by Crippen LogP contribution is -2.36. The van der Waals surface area contributed by atoms with E-state index in [0.717, 1.165) is 5.69 Å². The van der Waals surface area contributed by atoms with Gasteiger partial charge in [-0.05, 0) is 50.2 Å². The van der Waals surface area contributed by atoms with Gasteiger partial charge in [0.25, 0.3) is 5.91 Å². The molecule has 0 unspecified atom stereocenters. The highest BCUT2D eigenvalue weighted by Crippen LogP contribution is 2.13. The van der Waals surface area contributed by atoms with Crippen LogP contribution < -0.4 is 5.73 Å². The standard InChI is InChI=1S/C16H19N3O/c1-12(2)19(11-15-5-3-4-10-18-15)16(20)13-6-8-14(17)9-7-13/h3-10,12H,11,17H2,1-2H3. The molecule has 0 aliphatic heterocycles. The Hall–Kier alpha value is -2.36. The molecule has 4 heteroatoms. The lowest BCUT2D eigenvalue weighted by molar-refractivity contribution is 0.0688. The Labute approximate surface area is 119 Å². The van der Waals surface area contributed by atoms with E-state index >= 15 is 0 Å². The zero-order chi connectivity index (χ0) is 14.5. The molecule has 0 atom stereocenters. The van der Waals surface area contributed by atoms with Crippen molar-refractivity contribution in [3.63, 3.8) is 0 Å². The highest BCUT2D eigenvalue weighted by atomic mass is 16.2. The van der Waals surface area contributed by atoms with Crippen LogP contribution >= 0.6 is 0 Å². The second kappa shape index (κ2) is 6.19. The number of hydrogen-bond donors (Lipinski definition) is 1. The zero-order valence-electron chi connectivity index (χ0n) is 11.8. The summed E-state index contributed by atoms with van der Waals surface area (Å²) in [5, 5.41) is 0. The third-order valence-corrected chi connectivity index (χ3v) is 3.10. The normalized spacial score (nSPS) is 10.6. The summed E-state index contributed by atoms with van der Waals surface area (Å²) in [6, 6.07) is 12.8. The second-order valence-corrected chi connectivity index (χ2v) is 4.97. The number of benzene rings is 1. The fourth-order valence-corrected chi connectivity index (χ4v) is 1.95. The second-order valence-electron chi connectivity index (χ2n) is 4.97. The predicted molar refractivity (Wildman–Crippen MR) is 80.1 cm³/mol. The van der Waals surface area contributed by atoms with E-state index in [1.54, 1.807) is 35.4 Å². The molecule has 0 radical (unpaired) electrons. The zero-order valence-corrected chi connectivity index (χ0v) is 11.8. The van der Waals surface area contributed by atoms with Crippen LogP contribution in [0.1, 0.15) is 29.9 Å². The molecule has 0 aliphatic carbocycles. The van der Waals surface area contributed by atoms with E-state index in [1.807, 2.05) is 32.0 Å². The van der Waals surface area contributed by atoms with E-state index < -0.39 is 0 Å². The third-order valence-electron chi connectivity index (χ3n) is 3.10. The molecule has 2 N–H and O–H groups in total. The largest absolute Gasteiger partial charge is 0.399 e. The smallest absolute Gasteiger partial charge is 0.254 e. The maximum atomic E-state index is 12.6. The van der Waals surface area contributed by atoms with Gasteiger partial charge in [0.05, 0.1) is 12.2 Å². The summed E-state index contributed by atoms with van der Waals surface area (Å²) in [6.45, 7) is 4.50. The first-order valence-corrected chi connectivity index (χ1v) is 6.64. The summed E-state index contributed by atoms with van der Waals surface area (Å²) in [7, 11) is 0.